The van der Waals surface area contributed by atoms with E-state index in [1.807, 2.05) is 20.8 Å². The molecule has 0 aliphatic carbocycles. The molecular formula is C14H22N4O2. The van der Waals surface area contributed by atoms with Gasteiger partial charge in [0.05, 0.1) is 5.69 Å². The van der Waals surface area contributed by atoms with Crippen LogP contribution in [0.3, 0.4) is 0 Å². The maximum atomic E-state index is 11.9. The van der Waals surface area contributed by atoms with Gasteiger partial charge in [0.1, 0.15) is 5.60 Å². The molecule has 1 aromatic rings. The molecule has 2 rings (SSSR count). The molecule has 0 bridgehead atoms. The van der Waals surface area contributed by atoms with Crippen LogP contribution in [0.4, 0.5) is 4.79 Å². The summed E-state index contributed by atoms with van der Waals surface area (Å²) in [4.78, 5) is 21.9. The Morgan fingerprint density at radius 3 is 2.95 bits per heavy atom. The number of ether oxygens (including phenoxy) is 1. The molecule has 1 amide bonds. The highest BCUT2D eigenvalue weighted by Gasteiger charge is 2.29. The fourth-order valence-corrected chi connectivity index (χ4v) is 2.09. The fraction of sp³-hybridized carbons (Fsp3) is 0.643. The minimum Gasteiger partial charge on any atom is -0.444 e. The molecule has 1 atom stereocenters. The van der Waals surface area contributed by atoms with E-state index in [1.165, 1.54) is 0 Å². The van der Waals surface area contributed by atoms with Crippen molar-refractivity contribution in [2.45, 2.75) is 45.4 Å². The van der Waals surface area contributed by atoms with Gasteiger partial charge < -0.3 is 15.0 Å². The fourth-order valence-electron chi connectivity index (χ4n) is 2.09. The molecule has 20 heavy (non-hydrogen) atoms. The molecule has 2 heterocycles. The quantitative estimate of drug-likeness (QED) is 0.909. The largest absolute Gasteiger partial charge is 0.444 e. The molecule has 0 saturated carbocycles. The summed E-state index contributed by atoms with van der Waals surface area (Å²) < 4.78 is 5.37. The number of hydrogen-bond acceptors (Lipinski definition) is 5. The Labute approximate surface area is 119 Å². The van der Waals surface area contributed by atoms with E-state index in [4.69, 9.17) is 4.74 Å². The topological polar surface area (TPSA) is 67.3 Å². The lowest BCUT2D eigenvalue weighted by atomic mass is 10.2. The number of nitrogens with one attached hydrogen (secondary N) is 1. The summed E-state index contributed by atoms with van der Waals surface area (Å²) in [5, 5.41) is 3.39. The van der Waals surface area contributed by atoms with Crippen molar-refractivity contribution in [3.8, 4) is 0 Å². The predicted molar refractivity (Wildman–Crippen MR) is 75.1 cm³/mol. The maximum Gasteiger partial charge on any atom is 0.410 e. The predicted octanol–water partition coefficient (Wildman–Crippen LogP) is 1.58. The number of aromatic nitrogens is 2. The highest BCUT2D eigenvalue weighted by molar-refractivity contribution is 5.68. The third kappa shape index (κ3) is 4.45. The second kappa shape index (κ2) is 6.17. The average molecular weight is 278 g/mol. The number of nitrogens with zero attached hydrogens (tertiary/aromatic N) is 3. The lowest BCUT2D eigenvalue weighted by Gasteiger charge is -2.24. The number of hydrogen-bond donors (Lipinski definition) is 1. The van der Waals surface area contributed by atoms with Crippen molar-refractivity contribution < 1.29 is 9.53 Å². The van der Waals surface area contributed by atoms with Crippen LogP contribution in [0.15, 0.2) is 18.6 Å². The highest BCUT2D eigenvalue weighted by atomic mass is 16.6. The minimum atomic E-state index is -0.442. The van der Waals surface area contributed by atoms with Crippen molar-refractivity contribution in [3.05, 3.63) is 24.3 Å². The lowest BCUT2D eigenvalue weighted by molar-refractivity contribution is 0.0291. The van der Waals surface area contributed by atoms with Gasteiger partial charge in [-0.2, -0.15) is 0 Å². The van der Waals surface area contributed by atoms with E-state index >= 15 is 0 Å². The Bertz CT molecular complexity index is 444. The van der Waals surface area contributed by atoms with Gasteiger partial charge in [-0.1, -0.05) is 0 Å². The van der Waals surface area contributed by atoms with Gasteiger partial charge in [0, 0.05) is 44.3 Å². The number of rotatable bonds is 3. The van der Waals surface area contributed by atoms with Crippen LogP contribution >= 0.6 is 0 Å². The molecule has 0 aromatic carbocycles. The van der Waals surface area contributed by atoms with E-state index < -0.39 is 5.60 Å². The molecule has 0 radical (unpaired) electrons. The zero-order valence-corrected chi connectivity index (χ0v) is 12.3. The smallest absolute Gasteiger partial charge is 0.410 e. The Morgan fingerprint density at radius 1 is 1.50 bits per heavy atom. The van der Waals surface area contributed by atoms with Gasteiger partial charge in [-0.05, 0) is 27.2 Å². The van der Waals surface area contributed by atoms with Gasteiger partial charge in [0.2, 0.25) is 0 Å². The van der Waals surface area contributed by atoms with E-state index in [-0.39, 0.29) is 12.1 Å². The van der Waals surface area contributed by atoms with Crippen LogP contribution in [-0.2, 0) is 11.3 Å². The molecular weight excluding hydrogens is 256 g/mol. The van der Waals surface area contributed by atoms with Crippen LogP contribution in [0.5, 0.6) is 0 Å². The normalized spacial score (nSPS) is 19.1. The summed E-state index contributed by atoms with van der Waals surface area (Å²) in [6.45, 7) is 7.71. The van der Waals surface area contributed by atoms with Crippen LogP contribution in [0.1, 0.15) is 32.9 Å². The summed E-state index contributed by atoms with van der Waals surface area (Å²) in [6, 6.07) is 0.282. The van der Waals surface area contributed by atoms with Crippen molar-refractivity contribution in [3.63, 3.8) is 0 Å². The average Bonchev–Trinajstić information content (AvgIpc) is 2.84. The van der Waals surface area contributed by atoms with Gasteiger partial charge in [-0.25, -0.2) is 4.79 Å². The van der Waals surface area contributed by atoms with Gasteiger partial charge in [0.15, 0.2) is 0 Å². The molecule has 1 unspecified atom stereocenters. The third-order valence-electron chi connectivity index (χ3n) is 3.03. The molecule has 1 N–H and O–H groups in total. The van der Waals surface area contributed by atoms with Crippen molar-refractivity contribution in [2.75, 3.05) is 13.1 Å². The summed E-state index contributed by atoms with van der Waals surface area (Å²) in [7, 11) is 0. The van der Waals surface area contributed by atoms with E-state index in [9.17, 15) is 4.79 Å². The molecule has 6 nitrogen and oxygen atoms in total. The first-order valence-corrected chi connectivity index (χ1v) is 6.90. The SMILES string of the molecule is CC(C)(C)OC(=O)N1CCC(NCc2cnccn2)C1. The Kier molecular flexibility index (Phi) is 4.54. The number of amides is 1. The van der Waals surface area contributed by atoms with Crippen molar-refractivity contribution in [2.24, 2.45) is 0 Å². The first-order valence-electron chi connectivity index (χ1n) is 6.90. The first kappa shape index (κ1) is 14.7. The van der Waals surface area contributed by atoms with E-state index in [0.717, 1.165) is 18.7 Å². The van der Waals surface area contributed by atoms with Crippen LogP contribution in [-0.4, -0.2) is 45.7 Å². The first-order chi connectivity index (χ1) is 9.44. The Morgan fingerprint density at radius 2 is 2.30 bits per heavy atom. The van der Waals surface area contributed by atoms with Crippen LogP contribution in [0, 0.1) is 0 Å². The van der Waals surface area contributed by atoms with Crippen LogP contribution < -0.4 is 5.32 Å². The van der Waals surface area contributed by atoms with Crippen molar-refractivity contribution >= 4 is 6.09 Å². The minimum absolute atomic E-state index is 0.235. The second-order valence-corrected chi connectivity index (χ2v) is 5.99. The second-order valence-electron chi connectivity index (χ2n) is 5.99. The Balaban J connectivity index is 1.76. The van der Waals surface area contributed by atoms with Crippen LogP contribution in [0.2, 0.25) is 0 Å². The molecule has 1 aliphatic heterocycles. The molecule has 1 saturated heterocycles. The van der Waals surface area contributed by atoms with Gasteiger partial charge >= 0.3 is 6.09 Å². The van der Waals surface area contributed by atoms with Gasteiger partial charge in [0.25, 0.3) is 0 Å². The molecule has 1 aromatic heterocycles. The van der Waals surface area contributed by atoms with E-state index in [0.29, 0.717) is 13.1 Å². The zero-order valence-electron chi connectivity index (χ0n) is 12.3. The summed E-state index contributed by atoms with van der Waals surface area (Å²) >= 11 is 0. The zero-order chi connectivity index (χ0) is 14.6. The van der Waals surface area contributed by atoms with E-state index in [2.05, 4.69) is 15.3 Å². The summed E-state index contributed by atoms with van der Waals surface area (Å²) in [5.41, 5.74) is 0.464. The van der Waals surface area contributed by atoms with Crippen molar-refractivity contribution in [1.29, 1.82) is 0 Å². The lowest BCUT2D eigenvalue weighted by Crippen LogP contribution is -2.38. The molecule has 1 aliphatic rings. The number of carbonyl (C=O) groups is 1. The van der Waals surface area contributed by atoms with Crippen molar-refractivity contribution in [1.82, 2.24) is 20.2 Å². The monoisotopic (exact) mass is 278 g/mol. The summed E-state index contributed by atoms with van der Waals surface area (Å²) in [5.74, 6) is 0. The van der Waals surface area contributed by atoms with Gasteiger partial charge in [-0.3, -0.25) is 9.97 Å². The molecule has 0 spiro atoms. The van der Waals surface area contributed by atoms with Gasteiger partial charge in [-0.15, -0.1) is 0 Å². The van der Waals surface area contributed by atoms with Crippen LogP contribution in [0.25, 0.3) is 0 Å². The highest BCUT2D eigenvalue weighted by Crippen LogP contribution is 2.15. The molecule has 6 heteroatoms. The molecule has 110 valence electrons. The standard InChI is InChI=1S/C14H22N4O2/c1-14(2,3)20-13(19)18-7-4-11(10-18)17-9-12-8-15-5-6-16-12/h5-6,8,11,17H,4,7,9-10H2,1-3H3. The molecule has 1 fully saturated rings. The maximum absolute atomic E-state index is 11.9. The third-order valence-corrected chi connectivity index (χ3v) is 3.03. The number of likely N-dealkylation sites (tertiary alicyclic amines) is 1. The summed E-state index contributed by atoms with van der Waals surface area (Å²) in [6.07, 6.45) is 5.77. The van der Waals surface area contributed by atoms with E-state index in [1.54, 1.807) is 23.5 Å². The Hall–Kier alpha value is -1.69. The number of carbonyl (C=O) groups excluding carboxylic acids is 1.